The lowest BCUT2D eigenvalue weighted by molar-refractivity contribution is 0.414. The van der Waals surface area contributed by atoms with Gasteiger partial charge in [0.25, 0.3) is 0 Å². The highest BCUT2D eigenvalue weighted by Crippen LogP contribution is 2.21. The molecule has 0 aliphatic heterocycles. The summed E-state index contributed by atoms with van der Waals surface area (Å²) < 4.78 is 5.22. The van der Waals surface area contributed by atoms with Crippen molar-refractivity contribution in [1.29, 1.82) is 0 Å². The predicted octanol–water partition coefficient (Wildman–Crippen LogP) is 2.47. The fraction of sp³-hybridized carbons (Fsp3) is 0.176. The Hall–Kier alpha value is -2.86. The summed E-state index contributed by atoms with van der Waals surface area (Å²) in [6.07, 6.45) is 0. The number of benzene rings is 2. The minimum atomic E-state index is -0.396. The maximum Gasteiger partial charge on any atom is 0.171 e. The van der Waals surface area contributed by atoms with E-state index in [1.807, 2.05) is 54.6 Å². The van der Waals surface area contributed by atoms with Crippen molar-refractivity contribution in [2.45, 2.75) is 12.6 Å². The fourth-order valence-corrected chi connectivity index (χ4v) is 2.25. The van der Waals surface area contributed by atoms with Gasteiger partial charge >= 0.3 is 0 Å². The van der Waals surface area contributed by atoms with Crippen LogP contribution in [0.25, 0.3) is 0 Å². The van der Waals surface area contributed by atoms with Crippen molar-refractivity contribution in [3.8, 4) is 5.75 Å². The number of rotatable bonds is 6. The molecule has 0 saturated carbocycles. The summed E-state index contributed by atoms with van der Waals surface area (Å²) >= 11 is 0. The third-order valence-corrected chi connectivity index (χ3v) is 3.51. The van der Waals surface area contributed by atoms with Crippen LogP contribution in [0, 0.1) is 0 Å². The molecule has 0 aliphatic carbocycles. The molecule has 1 atom stereocenters. The van der Waals surface area contributed by atoms with Gasteiger partial charge in [-0.1, -0.05) is 30.3 Å². The molecule has 0 fully saturated rings. The second-order valence-electron chi connectivity index (χ2n) is 5.11. The summed E-state index contributed by atoms with van der Waals surface area (Å²) in [6, 6.07) is 17.1. The Morgan fingerprint density at radius 3 is 2.78 bits per heavy atom. The van der Waals surface area contributed by atoms with E-state index in [0.717, 1.165) is 22.8 Å². The molecule has 4 N–H and O–H groups in total. The van der Waals surface area contributed by atoms with Gasteiger partial charge in [-0.15, -0.1) is 0 Å². The molecule has 0 unspecified atom stereocenters. The van der Waals surface area contributed by atoms with E-state index < -0.39 is 6.04 Å². The van der Waals surface area contributed by atoms with E-state index in [2.05, 4.69) is 20.5 Å². The number of nitrogens with one attached hydrogen (secondary N) is 2. The molecule has 6 heteroatoms. The number of H-pyrrole nitrogens is 1. The largest absolute Gasteiger partial charge is 0.497 e. The van der Waals surface area contributed by atoms with E-state index in [0.29, 0.717) is 12.4 Å². The molecule has 0 saturated heterocycles. The van der Waals surface area contributed by atoms with Crippen molar-refractivity contribution < 1.29 is 4.74 Å². The van der Waals surface area contributed by atoms with Crippen LogP contribution in [0.5, 0.6) is 5.75 Å². The summed E-state index contributed by atoms with van der Waals surface area (Å²) in [6.45, 7) is 0.557. The van der Waals surface area contributed by atoms with Crippen LogP contribution >= 0.6 is 0 Å². The zero-order chi connectivity index (χ0) is 16.1. The van der Waals surface area contributed by atoms with E-state index in [1.54, 1.807) is 7.11 Å². The molecule has 0 aliphatic rings. The van der Waals surface area contributed by atoms with Gasteiger partial charge in [0.05, 0.1) is 19.7 Å². The first kappa shape index (κ1) is 15.1. The molecule has 3 aromatic rings. The van der Waals surface area contributed by atoms with Crippen LogP contribution in [0.1, 0.15) is 23.3 Å². The van der Waals surface area contributed by atoms with Crippen LogP contribution < -0.4 is 15.8 Å². The molecule has 0 radical (unpaired) electrons. The number of hydrogen-bond donors (Lipinski definition) is 3. The molecule has 0 spiro atoms. The normalized spacial score (nSPS) is 11.9. The molecular weight excluding hydrogens is 290 g/mol. The van der Waals surface area contributed by atoms with Crippen LogP contribution in [0.4, 0.5) is 5.69 Å². The van der Waals surface area contributed by atoms with Crippen molar-refractivity contribution in [2.75, 3.05) is 12.4 Å². The smallest absolute Gasteiger partial charge is 0.171 e. The first-order valence-electron chi connectivity index (χ1n) is 7.36. The quantitative estimate of drug-likeness (QED) is 0.651. The number of nitrogens with two attached hydrogens (primary N) is 1. The SMILES string of the molecule is COc1cccc([C@@H](N)c2n[nH]c(CNc3ccccc3)n2)c1. The fourth-order valence-electron chi connectivity index (χ4n) is 2.25. The monoisotopic (exact) mass is 309 g/mol. The first-order valence-corrected chi connectivity index (χ1v) is 7.36. The van der Waals surface area contributed by atoms with Gasteiger partial charge < -0.3 is 15.8 Å². The average Bonchev–Trinajstić information content (AvgIpc) is 3.09. The van der Waals surface area contributed by atoms with E-state index in [1.165, 1.54) is 0 Å². The predicted molar refractivity (Wildman–Crippen MR) is 89.2 cm³/mol. The number of ether oxygens (including phenoxy) is 1. The molecule has 1 heterocycles. The van der Waals surface area contributed by atoms with Crippen molar-refractivity contribution in [3.63, 3.8) is 0 Å². The van der Waals surface area contributed by atoms with Crippen molar-refractivity contribution in [3.05, 3.63) is 71.8 Å². The highest BCUT2D eigenvalue weighted by molar-refractivity contribution is 5.42. The zero-order valence-electron chi connectivity index (χ0n) is 12.9. The van der Waals surface area contributed by atoms with Crippen molar-refractivity contribution in [1.82, 2.24) is 15.2 Å². The van der Waals surface area contributed by atoms with E-state index in [-0.39, 0.29) is 0 Å². The Kier molecular flexibility index (Phi) is 4.54. The second-order valence-corrected chi connectivity index (χ2v) is 5.11. The number of methoxy groups -OCH3 is 1. The minimum Gasteiger partial charge on any atom is -0.497 e. The number of anilines is 1. The number of nitrogens with zero attached hydrogens (tertiary/aromatic N) is 2. The zero-order valence-corrected chi connectivity index (χ0v) is 12.9. The highest BCUT2D eigenvalue weighted by atomic mass is 16.5. The van der Waals surface area contributed by atoms with Crippen molar-refractivity contribution in [2.24, 2.45) is 5.73 Å². The molecule has 1 aromatic heterocycles. The maximum absolute atomic E-state index is 6.24. The van der Waals surface area contributed by atoms with Crippen LogP contribution in [0.2, 0.25) is 0 Å². The highest BCUT2D eigenvalue weighted by Gasteiger charge is 2.15. The van der Waals surface area contributed by atoms with Crippen LogP contribution in [0.3, 0.4) is 0 Å². The molecule has 0 bridgehead atoms. The third kappa shape index (κ3) is 3.67. The van der Waals surface area contributed by atoms with Gasteiger partial charge in [-0.25, -0.2) is 4.98 Å². The maximum atomic E-state index is 6.24. The lowest BCUT2D eigenvalue weighted by Crippen LogP contribution is -2.14. The number of hydrogen-bond acceptors (Lipinski definition) is 5. The average molecular weight is 309 g/mol. The van der Waals surface area contributed by atoms with Crippen LogP contribution in [-0.4, -0.2) is 22.3 Å². The van der Waals surface area contributed by atoms with Crippen molar-refractivity contribution >= 4 is 5.69 Å². The third-order valence-electron chi connectivity index (χ3n) is 3.51. The van der Waals surface area contributed by atoms with E-state index in [9.17, 15) is 0 Å². The number of aromatic nitrogens is 3. The number of para-hydroxylation sites is 1. The lowest BCUT2D eigenvalue weighted by Gasteiger charge is -2.09. The Labute approximate surface area is 134 Å². The van der Waals surface area contributed by atoms with E-state index in [4.69, 9.17) is 10.5 Å². The van der Waals surface area contributed by atoms with Gasteiger partial charge in [0.2, 0.25) is 0 Å². The Morgan fingerprint density at radius 1 is 1.17 bits per heavy atom. The standard InChI is InChI=1S/C17H19N5O/c1-23-14-9-5-6-12(10-14)16(18)17-20-15(21-22-17)11-19-13-7-3-2-4-8-13/h2-10,16,19H,11,18H2,1H3,(H,20,21,22)/t16-/m1/s1. The molecular formula is C17H19N5O. The lowest BCUT2D eigenvalue weighted by atomic mass is 10.1. The van der Waals surface area contributed by atoms with Gasteiger partial charge in [-0.05, 0) is 29.8 Å². The van der Waals surface area contributed by atoms with Crippen LogP contribution in [0.15, 0.2) is 54.6 Å². The second kappa shape index (κ2) is 6.93. The molecule has 2 aromatic carbocycles. The molecule has 3 rings (SSSR count). The Bertz CT molecular complexity index is 756. The van der Waals surface area contributed by atoms with Crippen LogP contribution in [-0.2, 0) is 6.54 Å². The Morgan fingerprint density at radius 2 is 2.00 bits per heavy atom. The summed E-state index contributed by atoms with van der Waals surface area (Å²) in [7, 11) is 1.63. The summed E-state index contributed by atoms with van der Waals surface area (Å²) in [4.78, 5) is 4.46. The van der Waals surface area contributed by atoms with Gasteiger partial charge in [0.15, 0.2) is 5.82 Å². The van der Waals surface area contributed by atoms with Gasteiger partial charge in [0, 0.05) is 5.69 Å². The topological polar surface area (TPSA) is 88.8 Å². The summed E-state index contributed by atoms with van der Waals surface area (Å²) in [5, 5.41) is 10.4. The molecule has 118 valence electrons. The Balaban J connectivity index is 1.68. The van der Waals surface area contributed by atoms with Gasteiger partial charge in [-0.2, -0.15) is 5.10 Å². The summed E-state index contributed by atoms with van der Waals surface area (Å²) in [5.74, 6) is 2.06. The van der Waals surface area contributed by atoms with Gasteiger partial charge in [-0.3, -0.25) is 5.10 Å². The summed E-state index contributed by atoms with van der Waals surface area (Å²) in [5.41, 5.74) is 8.18. The molecule has 6 nitrogen and oxygen atoms in total. The number of aromatic amines is 1. The first-order chi connectivity index (χ1) is 11.3. The molecule has 0 amide bonds. The van der Waals surface area contributed by atoms with Gasteiger partial charge in [0.1, 0.15) is 11.6 Å². The molecule has 23 heavy (non-hydrogen) atoms. The minimum absolute atomic E-state index is 0.396. The van der Waals surface area contributed by atoms with E-state index >= 15 is 0 Å².